The van der Waals surface area contributed by atoms with Crippen molar-refractivity contribution in [3.05, 3.63) is 0 Å². The molecule has 0 unspecified atom stereocenters. The van der Waals surface area contributed by atoms with E-state index in [9.17, 15) is 5.11 Å². The summed E-state index contributed by atoms with van der Waals surface area (Å²) in [5.74, 6) is 5.27. The topological polar surface area (TPSA) is 32.8 Å². The van der Waals surface area contributed by atoms with Crippen LogP contribution in [0.2, 0.25) is 0 Å². The minimum atomic E-state index is -0.126. The second-order valence-corrected chi connectivity index (χ2v) is 13.3. The summed E-state index contributed by atoms with van der Waals surface area (Å²) < 4.78 is 6.54. The lowest BCUT2D eigenvalue weighted by atomic mass is 9.41. The third-order valence-electron chi connectivity index (χ3n) is 11.5. The molecular weight excluding hydrogens is 368 g/mol. The molecule has 5 aliphatic rings. The predicted octanol–water partition coefficient (Wildman–Crippen LogP) is 6.99. The highest BCUT2D eigenvalue weighted by Crippen LogP contribution is 2.73. The molecule has 1 heterocycles. The highest BCUT2D eigenvalue weighted by atomic mass is 16.6. The molecule has 4 aliphatic carbocycles. The number of fused-ring (bicyclic) bond motifs is 4. The zero-order chi connectivity index (χ0) is 21.3. The molecule has 5 rings (SSSR count). The maximum absolute atomic E-state index is 10.4. The molecule has 0 radical (unpaired) electrons. The van der Waals surface area contributed by atoms with E-state index in [0.29, 0.717) is 16.9 Å². The third-order valence-corrected chi connectivity index (χ3v) is 11.5. The van der Waals surface area contributed by atoms with Crippen LogP contribution < -0.4 is 0 Å². The largest absolute Gasteiger partial charge is 0.393 e. The minimum Gasteiger partial charge on any atom is -0.393 e. The Morgan fingerprint density at radius 1 is 0.967 bits per heavy atom. The van der Waals surface area contributed by atoms with Crippen LogP contribution in [-0.4, -0.2) is 22.9 Å². The molecule has 0 aromatic heterocycles. The Kier molecular flexibility index (Phi) is 5.42. The molecule has 4 saturated carbocycles. The second-order valence-electron chi connectivity index (χ2n) is 13.3. The first kappa shape index (κ1) is 21.7. The van der Waals surface area contributed by atoms with Crippen molar-refractivity contribution in [1.82, 2.24) is 0 Å². The van der Waals surface area contributed by atoms with Gasteiger partial charge in [-0.25, -0.2) is 0 Å². The molecule has 0 bridgehead atoms. The van der Waals surface area contributed by atoms with Gasteiger partial charge >= 0.3 is 0 Å². The number of hydrogen-bond acceptors (Lipinski definition) is 2. The van der Waals surface area contributed by atoms with Gasteiger partial charge in [-0.1, -0.05) is 60.3 Å². The molecule has 10 atom stereocenters. The molecule has 0 aromatic carbocycles. The van der Waals surface area contributed by atoms with Crippen molar-refractivity contribution in [3.8, 4) is 0 Å². The van der Waals surface area contributed by atoms with Crippen LogP contribution in [0, 0.1) is 46.3 Å². The van der Waals surface area contributed by atoms with Crippen molar-refractivity contribution in [1.29, 1.82) is 0 Å². The number of aliphatic hydroxyl groups excluding tert-OH is 1. The number of rotatable bonds is 5. The molecule has 0 amide bonds. The fourth-order valence-electron chi connectivity index (χ4n) is 9.88. The summed E-state index contributed by atoms with van der Waals surface area (Å²) in [5, 5.41) is 10.4. The van der Waals surface area contributed by atoms with E-state index in [-0.39, 0.29) is 11.7 Å². The van der Waals surface area contributed by atoms with Gasteiger partial charge in [0.1, 0.15) is 5.60 Å². The quantitative estimate of drug-likeness (QED) is 0.490. The maximum Gasteiger partial charge on any atom is 0.103 e. The SMILES string of the molecule is CC(C)CCC[C@H](C)[C@@H]1CCC[C@H]2[C@H]3C[C@H]4O[C@@]45C[C@@H](O)CC[C@]5(C)[C@@H]3CC[C@@]21C. The summed E-state index contributed by atoms with van der Waals surface area (Å²) in [6, 6.07) is 0. The first-order valence-corrected chi connectivity index (χ1v) is 13.6. The van der Waals surface area contributed by atoms with E-state index in [1.807, 2.05) is 0 Å². The van der Waals surface area contributed by atoms with Crippen molar-refractivity contribution >= 4 is 0 Å². The summed E-state index contributed by atoms with van der Waals surface area (Å²) >= 11 is 0. The molecular formula is C28H48O2. The number of hydrogen-bond donors (Lipinski definition) is 1. The van der Waals surface area contributed by atoms with Gasteiger partial charge in [0.05, 0.1) is 12.2 Å². The Morgan fingerprint density at radius 3 is 2.53 bits per heavy atom. The molecule has 1 aliphatic heterocycles. The van der Waals surface area contributed by atoms with Gasteiger partial charge in [0.2, 0.25) is 0 Å². The Bertz CT molecular complexity index is 645. The van der Waals surface area contributed by atoms with Gasteiger partial charge in [-0.2, -0.15) is 0 Å². The lowest BCUT2D eigenvalue weighted by Crippen LogP contribution is -2.60. The van der Waals surface area contributed by atoms with Gasteiger partial charge in [-0.05, 0) is 85.9 Å². The molecule has 5 fully saturated rings. The molecule has 30 heavy (non-hydrogen) atoms. The van der Waals surface area contributed by atoms with Crippen molar-refractivity contribution in [2.45, 2.75) is 129 Å². The Hall–Kier alpha value is -0.0800. The van der Waals surface area contributed by atoms with Gasteiger partial charge in [-0.15, -0.1) is 0 Å². The summed E-state index contributed by atoms with van der Waals surface area (Å²) in [6.07, 6.45) is 16.2. The monoisotopic (exact) mass is 416 g/mol. The molecule has 2 heteroatoms. The van der Waals surface area contributed by atoms with Crippen LogP contribution in [0.4, 0.5) is 0 Å². The van der Waals surface area contributed by atoms with Crippen LogP contribution in [0.15, 0.2) is 0 Å². The highest BCUT2D eigenvalue weighted by molar-refractivity contribution is 5.23. The van der Waals surface area contributed by atoms with Crippen LogP contribution in [0.1, 0.15) is 112 Å². The lowest BCUT2D eigenvalue weighted by molar-refractivity contribution is -0.145. The van der Waals surface area contributed by atoms with Crippen molar-refractivity contribution < 1.29 is 9.84 Å². The van der Waals surface area contributed by atoms with Crippen LogP contribution in [0.25, 0.3) is 0 Å². The minimum absolute atomic E-state index is 0.0395. The standard InChI is InChI=1S/C28H48O2/c1-18(2)8-6-9-19(3)22-10-7-11-23-21-16-25-28(30-25)17-20(29)12-15-27(28,5)24(21)13-14-26(22,23)4/h18-25,29H,6-17H2,1-5H3/t19-,20-,21+,22-,23-,24+,25+,26+,27+,28-/m0/s1. The fraction of sp³-hybridized carbons (Fsp3) is 1.00. The average molecular weight is 417 g/mol. The fourth-order valence-corrected chi connectivity index (χ4v) is 9.88. The normalized spacial score (nSPS) is 53.3. The number of epoxide rings is 1. The summed E-state index contributed by atoms with van der Waals surface area (Å²) in [4.78, 5) is 0. The Balaban J connectivity index is 1.35. The molecule has 1 spiro atoms. The number of ether oxygens (including phenoxy) is 1. The van der Waals surface area contributed by atoms with Crippen molar-refractivity contribution in [3.63, 3.8) is 0 Å². The summed E-state index contributed by atoms with van der Waals surface area (Å²) in [6.45, 7) is 12.6. The molecule has 0 aromatic rings. The van der Waals surface area contributed by atoms with Gasteiger partial charge in [0, 0.05) is 11.8 Å². The van der Waals surface area contributed by atoms with Crippen LogP contribution in [0.3, 0.4) is 0 Å². The summed E-state index contributed by atoms with van der Waals surface area (Å²) in [7, 11) is 0. The van der Waals surface area contributed by atoms with Crippen LogP contribution >= 0.6 is 0 Å². The first-order chi connectivity index (χ1) is 14.2. The molecule has 1 saturated heterocycles. The first-order valence-electron chi connectivity index (χ1n) is 13.6. The van der Waals surface area contributed by atoms with E-state index in [1.54, 1.807) is 0 Å². The zero-order valence-corrected chi connectivity index (χ0v) is 20.5. The van der Waals surface area contributed by atoms with E-state index < -0.39 is 0 Å². The second kappa shape index (κ2) is 7.47. The van der Waals surface area contributed by atoms with Crippen LogP contribution in [-0.2, 0) is 4.74 Å². The van der Waals surface area contributed by atoms with E-state index in [0.717, 1.165) is 48.3 Å². The Morgan fingerprint density at radius 2 is 1.77 bits per heavy atom. The predicted molar refractivity (Wildman–Crippen MR) is 123 cm³/mol. The molecule has 2 nitrogen and oxygen atoms in total. The van der Waals surface area contributed by atoms with Gasteiger partial charge in [0.15, 0.2) is 0 Å². The number of aliphatic hydroxyl groups is 1. The third kappa shape index (κ3) is 3.09. The maximum atomic E-state index is 10.4. The van der Waals surface area contributed by atoms with E-state index in [1.165, 1.54) is 64.2 Å². The summed E-state index contributed by atoms with van der Waals surface area (Å²) in [5.41, 5.74) is 0.908. The average Bonchev–Trinajstić information content (AvgIpc) is 3.38. The van der Waals surface area contributed by atoms with E-state index in [4.69, 9.17) is 4.74 Å². The smallest absolute Gasteiger partial charge is 0.103 e. The van der Waals surface area contributed by atoms with Gasteiger partial charge < -0.3 is 9.84 Å². The van der Waals surface area contributed by atoms with Gasteiger partial charge in [-0.3, -0.25) is 0 Å². The van der Waals surface area contributed by atoms with Crippen molar-refractivity contribution in [2.75, 3.05) is 0 Å². The van der Waals surface area contributed by atoms with E-state index in [2.05, 4.69) is 34.6 Å². The van der Waals surface area contributed by atoms with Gasteiger partial charge in [0.25, 0.3) is 0 Å². The zero-order valence-electron chi connectivity index (χ0n) is 20.5. The van der Waals surface area contributed by atoms with Crippen molar-refractivity contribution in [2.24, 2.45) is 46.3 Å². The molecule has 172 valence electrons. The molecule has 1 N–H and O–H groups in total. The Labute approximate surface area is 185 Å². The van der Waals surface area contributed by atoms with E-state index >= 15 is 0 Å². The highest BCUT2D eigenvalue weighted by Gasteiger charge is 2.75. The lowest BCUT2D eigenvalue weighted by Gasteiger charge is -2.63. The van der Waals surface area contributed by atoms with Crippen LogP contribution in [0.5, 0.6) is 0 Å².